The van der Waals surface area contributed by atoms with E-state index in [0.717, 1.165) is 24.4 Å². The Morgan fingerprint density at radius 2 is 2.43 bits per heavy atom. The predicted molar refractivity (Wildman–Crippen MR) is 85.2 cm³/mol. The Morgan fingerprint density at radius 3 is 3.04 bits per heavy atom. The normalized spacial score (nSPS) is 31.0. The number of hydrogen-bond donors (Lipinski definition) is 1. The van der Waals surface area contributed by atoms with Gasteiger partial charge in [-0.25, -0.2) is 4.79 Å². The second-order valence-corrected chi connectivity index (χ2v) is 7.19. The Morgan fingerprint density at radius 1 is 1.65 bits per heavy atom. The zero-order chi connectivity index (χ0) is 16.6. The highest BCUT2D eigenvalue weighted by atomic mass is 32.2. The molecular weight excluding hydrogens is 318 g/mol. The van der Waals surface area contributed by atoms with Crippen molar-refractivity contribution in [3.8, 4) is 0 Å². The highest BCUT2D eigenvalue weighted by Crippen LogP contribution is 2.52. The van der Waals surface area contributed by atoms with Crippen molar-refractivity contribution in [3.63, 3.8) is 0 Å². The number of esters is 1. The highest BCUT2D eigenvalue weighted by molar-refractivity contribution is 8.04. The van der Waals surface area contributed by atoms with Crippen molar-refractivity contribution >= 4 is 23.6 Å². The summed E-state index contributed by atoms with van der Waals surface area (Å²) in [5.41, 5.74) is 0.319. The molecule has 0 unspecified atom stereocenters. The molecule has 3 aliphatic heterocycles. The van der Waals surface area contributed by atoms with Crippen LogP contribution >= 0.6 is 11.8 Å². The lowest BCUT2D eigenvalue weighted by Gasteiger charge is -2.43. The van der Waals surface area contributed by atoms with Gasteiger partial charge in [-0.05, 0) is 19.8 Å². The van der Waals surface area contributed by atoms with Crippen molar-refractivity contribution < 1.29 is 24.2 Å². The lowest BCUT2D eigenvalue weighted by atomic mass is 9.92. The van der Waals surface area contributed by atoms with Crippen LogP contribution in [0.15, 0.2) is 23.3 Å². The standard InChI is InChI=1S/C16H21NO5S/c1-3-6-22-16(20)13-11(8-10-5-4-7-21-10)23-15-12(9(2)18)14(19)17(13)15/h3,9-10,12,15,18H,1,4-8H2,2H3/t9-,10-,12+,15-/m1/s1. The zero-order valence-corrected chi connectivity index (χ0v) is 13.9. The Balaban J connectivity index is 1.81. The van der Waals surface area contributed by atoms with Crippen LogP contribution in [0.4, 0.5) is 0 Å². The molecule has 0 aliphatic carbocycles. The summed E-state index contributed by atoms with van der Waals surface area (Å²) in [4.78, 5) is 27.0. The van der Waals surface area contributed by atoms with E-state index in [2.05, 4.69) is 6.58 Å². The number of hydrogen-bond acceptors (Lipinski definition) is 6. The van der Waals surface area contributed by atoms with Gasteiger partial charge in [0.15, 0.2) is 0 Å². The first-order chi connectivity index (χ1) is 11.0. The van der Waals surface area contributed by atoms with Crippen LogP contribution < -0.4 is 0 Å². The molecule has 2 saturated heterocycles. The fourth-order valence-electron chi connectivity index (χ4n) is 3.20. The maximum atomic E-state index is 12.4. The summed E-state index contributed by atoms with van der Waals surface area (Å²) < 4.78 is 10.8. The molecule has 7 heteroatoms. The van der Waals surface area contributed by atoms with Crippen molar-refractivity contribution in [1.82, 2.24) is 4.90 Å². The number of fused-ring (bicyclic) bond motifs is 1. The van der Waals surface area contributed by atoms with Gasteiger partial charge in [0, 0.05) is 17.9 Å². The van der Waals surface area contributed by atoms with Crippen LogP contribution in [-0.4, -0.2) is 52.7 Å². The number of amides is 1. The molecule has 0 bridgehead atoms. The number of nitrogens with zero attached hydrogens (tertiary/aromatic N) is 1. The molecular formula is C16H21NO5S. The van der Waals surface area contributed by atoms with Gasteiger partial charge in [-0.1, -0.05) is 12.7 Å². The Kier molecular flexibility index (Phi) is 4.79. The highest BCUT2D eigenvalue weighted by Gasteiger charge is 2.57. The van der Waals surface area contributed by atoms with Gasteiger partial charge in [-0.2, -0.15) is 0 Å². The van der Waals surface area contributed by atoms with E-state index >= 15 is 0 Å². The predicted octanol–water partition coefficient (Wildman–Crippen LogP) is 1.41. The summed E-state index contributed by atoms with van der Waals surface area (Å²) in [7, 11) is 0. The monoisotopic (exact) mass is 339 g/mol. The third kappa shape index (κ3) is 2.93. The first-order valence-electron chi connectivity index (χ1n) is 7.85. The average Bonchev–Trinajstić information content (AvgIpc) is 3.11. The molecule has 0 radical (unpaired) electrons. The number of β-lactam (4-membered cyclic amide) rings is 1. The molecule has 3 rings (SSSR count). The van der Waals surface area contributed by atoms with Crippen LogP contribution in [0.3, 0.4) is 0 Å². The summed E-state index contributed by atoms with van der Waals surface area (Å²) in [6.45, 7) is 5.97. The maximum Gasteiger partial charge on any atom is 0.356 e. The second-order valence-electron chi connectivity index (χ2n) is 5.98. The Bertz CT molecular complexity index is 553. The molecule has 3 heterocycles. The van der Waals surface area contributed by atoms with Gasteiger partial charge in [0.05, 0.1) is 18.1 Å². The largest absolute Gasteiger partial charge is 0.457 e. The summed E-state index contributed by atoms with van der Waals surface area (Å²) in [5, 5.41) is 9.58. The number of carbonyl (C=O) groups is 2. The summed E-state index contributed by atoms with van der Waals surface area (Å²) in [5.74, 6) is -1.19. The van der Waals surface area contributed by atoms with Crippen LogP contribution in [0.1, 0.15) is 26.2 Å². The van der Waals surface area contributed by atoms with E-state index in [9.17, 15) is 14.7 Å². The van der Waals surface area contributed by atoms with Crippen molar-refractivity contribution in [2.75, 3.05) is 13.2 Å². The van der Waals surface area contributed by atoms with Gasteiger partial charge in [0.1, 0.15) is 17.7 Å². The molecule has 0 aromatic heterocycles. The molecule has 0 saturated carbocycles. The first kappa shape index (κ1) is 16.5. The average molecular weight is 339 g/mol. The first-order valence-corrected chi connectivity index (χ1v) is 8.73. The van der Waals surface area contributed by atoms with Crippen LogP contribution in [-0.2, 0) is 19.1 Å². The molecule has 2 fully saturated rings. The van der Waals surface area contributed by atoms with Crippen molar-refractivity contribution in [2.24, 2.45) is 5.92 Å². The fourth-order valence-corrected chi connectivity index (χ4v) is 4.87. The van der Waals surface area contributed by atoms with Gasteiger partial charge in [0.2, 0.25) is 5.91 Å². The molecule has 23 heavy (non-hydrogen) atoms. The number of ether oxygens (including phenoxy) is 2. The Labute approximate surface area is 139 Å². The molecule has 6 nitrogen and oxygen atoms in total. The summed E-state index contributed by atoms with van der Waals surface area (Å²) in [6, 6.07) is 0. The third-order valence-electron chi connectivity index (χ3n) is 4.33. The molecule has 0 aromatic rings. The third-order valence-corrected chi connectivity index (χ3v) is 5.72. The molecule has 3 aliphatic rings. The minimum absolute atomic E-state index is 0.0820. The molecule has 0 aromatic carbocycles. The Hall–Kier alpha value is -1.31. The molecule has 1 N–H and O–H groups in total. The van der Waals surface area contributed by atoms with Crippen LogP contribution in [0.2, 0.25) is 0 Å². The van der Waals surface area contributed by atoms with Crippen LogP contribution in [0.5, 0.6) is 0 Å². The van der Waals surface area contributed by atoms with E-state index in [4.69, 9.17) is 9.47 Å². The van der Waals surface area contributed by atoms with E-state index in [-0.39, 0.29) is 24.0 Å². The number of aliphatic hydroxyl groups excluding tert-OH is 1. The lowest BCUT2D eigenvalue weighted by molar-refractivity contribution is -0.158. The van der Waals surface area contributed by atoms with Crippen molar-refractivity contribution in [1.29, 1.82) is 0 Å². The minimum Gasteiger partial charge on any atom is -0.457 e. The number of carbonyl (C=O) groups excluding carboxylic acids is 2. The second kappa shape index (κ2) is 6.67. The van der Waals surface area contributed by atoms with Gasteiger partial charge in [-0.3, -0.25) is 9.69 Å². The van der Waals surface area contributed by atoms with Gasteiger partial charge in [0.25, 0.3) is 0 Å². The molecule has 4 atom stereocenters. The minimum atomic E-state index is -0.733. The molecule has 0 spiro atoms. The topological polar surface area (TPSA) is 76.1 Å². The van der Waals surface area contributed by atoms with Crippen LogP contribution in [0, 0.1) is 5.92 Å². The number of rotatable bonds is 6. The van der Waals surface area contributed by atoms with Gasteiger partial charge >= 0.3 is 5.97 Å². The van der Waals surface area contributed by atoms with Gasteiger partial charge < -0.3 is 14.6 Å². The molecule has 1 amide bonds. The van der Waals surface area contributed by atoms with Gasteiger partial charge in [-0.15, -0.1) is 11.8 Å². The van der Waals surface area contributed by atoms with E-state index in [1.165, 1.54) is 22.7 Å². The van der Waals surface area contributed by atoms with E-state index in [0.29, 0.717) is 12.1 Å². The van der Waals surface area contributed by atoms with Crippen molar-refractivity contribution in [2.45, 2.75) is 43.8 Å². The SMILES string of the molecule is C=CCOC(=O)C1=C(C[C@H]2CCCO2)S[C@@H]2[C@@H]([C@@H](C)O)C(=O)N12. The smallest absolute Gasteiger partial charge is 0.356 e. The van der Waals surface area contributed by atoms with E-state index in [1.54, 1.807) is 6.92 Å². The quantitative estimate of drug-likeness (QED) is 0.448. The number of thioether (sulfide) groups is 1. The summed E-state index contributed by atoms with van der Waals surface area (Å²) in [6.07, 6.45) is 3.42. The summed E-state index contributed by atoms with van der Waals surface area (Å²) >= 11 is 1.48. The maximum absolute atomic E-state index is 12.4. The fraction of sp³-hybridized carbons (Fsp3) is 0.625. The molecule has 126 valence electrons. The lowest BCUT2D eigenvalue weighted by Crippen LogP contribution is -2.60. The number of aliphatic hydroxyl groups is 1. The van der Waals surface area contributed by atoms with E-state index in [1.807, 2.05) is 0 Å². The zero-order valence-electron chi connectivity index (χ0n) is 13.1. The van der Waals surface area contributed by atoms with E-state index < -0.39 is 18.0 Å². The van der Waals surface area contributed by atoms with Crippen molar-refractivity contribution in [3.05, 3.63) is 23.3 Å². The van der Waals surface area contributed by atoms with Crippen LogP contribution in [0.25, 0.3) is 0 Å².